The fourth-order valence-corrected chi connectivity index (χ4v) is 3.35. The van der Waals surface area contributed by atoms with Gasteiger partial charge in [-0.05, 0) is 61.0 Å². The quantitative estimate of drug-likeness (QED) is 0.416. The molecule has 0 bridgehead atoms. The molecule has 0 aliphatic carbocycles. The standard InChI is InChI=1S/C22H16Cl2N2O3/c1-13-3-2-4-17(9-13)28-12-20(27)25-16-7-5-14(6-8-16)22-26-19-11-15(23)10-18(24)21(19)29-22/h2-11H,12H2,1H3,(H,25,27). The zero-order valence-electron chi connectivity index (χ0n) is 15.4. The van der Waals surface area contributed by atoms with E-state index in [1.165, 1.54) is 0 Å². The molecule has 5 nitrogen and oxygen atoms in total. The van der Waals surface area contributed by atoms with Gasteiger partial charge in [0.1, 0.15) is 11.3 Å². The summed E-state index contributed by atoms with van der Waals surface area (Å²) >= 11 is 12.2. The Morgan fingerprint density at radius 1 is 1.10 bits per heavy atom. The summed E-state index contributed by atoms with van der Waals surface area (Å²) in [6, 6.07) is 18.0. The lowest BCUT2D eigenvalue weighted by molar-refractivity contribution is -0.118. The molecule has 1 aromatic heterocycles. The van der Waals surface area contributed by atoms with E-state index >= 15 is 0 Å². The van der Waals surface area contributed by atoms with Gasteiger partial charge < -0.3 is 14.5 Å². The van der Waals surface area contributed by atoms with Gasteiger partial charge in [-0.1, -0.05) is 35.3 Å². The number of rotatable bonds is 5. The summed E-state index contributed by atoms with van der Waals surface area (Å²) in [6.45, 7) is 1.89. The number of ether oxygens (including phenoxy) is 1. The van der Waals surface area contributed by atoms with Crippen LogP contribution in [0.1, 0.15) is 5.56 Å². The van der Waals surface area contributed by atoms with Crippen LogP contribution in [0.2, 0.25) is 10.0 Å². The van der Waals surface area contributed by atoms with Gasteiger partial charge in [0.15, 0.2) is 12.2 Å². The van der Waals surface area contributed by atoms with E-state index in [0.717, 1.165) is 11.1 Å². The number of halogens is 2. The minimum Gasteiger partial charge on any atom is -0.484 e. The number of nitrogens with zero attached hydrogens (tertiary/aromatic N) is 1. The molecule has 1 amide bonds. The maximum absolute atomic E-state index is 12.1. The van der Waals surface area contributed by atoms with Crippen LogP contribution in [-0.2, 0) is 4.79 Å². The molecule has 3 aromatic carbocycles. The van der Waals surface area contributed by atoms with Gasteiger partial charge in [0.25, 0.3) is 5.91 Å². The maximum atomic E-state index is 12.1. The Balaban J connectivity index is 1.42. The monoisotopic (exact) mass is 426 g/mol. The number of oxazole rings is 1. The van der Waals surface area contributed by atoms with Gasteiger partial charge in [-0.15, -0.1) is 0 Å². The van der Waals surface area contributed by atoms with Crippen LogP contribution in [0.5, 0.6) is 5.75 Å². The number of hydrogen-bond donors (Lipinski definition) is 1. The fraction of sp³-hybridized carbons (Fsp3) is 0.0909. The van der Waals surface area contributed by atoms with Crippen molar-refractivity contribution in [3.8, 4) is 17.2 Å². The highest BCUT2D eigenvalue weighted by Gasteiger charge is 2.12. The molecule has 1 N–H and O–H groups in total. The average Bonchev–Trinajstić information content (AvgIpc) is 3.11. The van der Waals surface area contributed by atoms with Crippen LogP contribution < -0.4 is 10.1 Å². The predicted molar refractivity (Wildman–Crippen MR) is 115 cm³/mol. The largest absolute Gasteiger partial charge is 0.484 e. The van der Waals surface area contributed by atoms with E-state index in [9.17, 15) is 4.79 Å². The predicted octanol–water partition coefficient (Wildman–Crippen LogP) is 6.13. The summed E-state index contributed by atoms with van der Waals surface area (Å²) in [4.78, 5) is 16.5. The SMILES string of the molecule is Cc1cccc(OCC(=O)Nc2ccc(-c3nc4cc(Cl)cc(Cl)c4o3)cc2)c1. The van der Waals surface area contributed by atoms with Gasteiger partial charge in [-0.2, -0.15) is 0 Å². The highest BCUT2D eigenvalue weighted by Crippen LogP contribution is 2.32. The number of anilines is 1. The number of amides is 1. The first kappa shape index (κ1) is 19.3. The summed E-state index contributed by atoms with van der Waals surface area (Å²) in [7, 11) is 0. The van der Waals surface area contributed by atoms with Gasteiger partial charge in [-0.3, -0.25) is 4.79 Å². The van der Waals surface area contributed by atoms with Crippen molar-refractivity contribution < 1.29 is 13.9 Å². The highest BCUT2D eigenvalue weighted by molar-refractivity contribution is 6.38. The Bertz CT molecular complexity index is 1190. The summed E-state index contributed by atoms with van der Waals surface area (Å²) in [5.41, 5.74) is 3.53. The summed E-state index contributed by atoms with van der Waals surface area (Å²) in [5, 5.41) is 3.70. The van der Waals surface area contributed by atoms with E-state index in [1.54, 1.807) is 36.4 Å². The molecule has 4 rings (SSSR count). The van der Waals surface area contributed by atoms with Gasteiger partial charge >= 0.3 is 0 Å². The van der Waals surface area contributed by atoms with Crippen LogP contribution in [0.15, 0.2) is 65.1 Å². The first-order chi connectivity index (χ1) is 14.0. The molecule has 0 fully saturated rings. The minimum atomic E-state index is -0.248. The van der Waals surface area contributed by atoms with Crippen molar-refractivity contribution in [1.82, 2.24) is 4.98 Å². The Morgan fingerprint density at radius 2 is 1.90 bits per heavy atom. The van der Waals surface area contributed by atoms with Crippen LogP contribution in [0.25, 0.3) is 22.6 Å². The first-order valence-corrected chi connectivity index (χ1v) is 9.59. The van der Waals surface area contributed by atoms with Gasteiger partial charge in [0.2, 0.25) is 5.89 Å². The molecule has 0 radical (unpaired) electrons. The number of hydrogen-bond acceptors (Lipinski definition) is 4. The topological polar surface area (TPSA) is 64.4 Å². The summed E-state index contributed by atoms with van der Waals surface area (Å²) < 4.78 is 11.3. The third-order valence-electron chi connectivity index (χ3n) is 4.18. The van der Waals surface area contributed by atoms with Crippen LogP contribution in [0.3, 0.4) is 0 Å². The van der Waals surface area contributed by atoms with Crippen molar-refractivity contribution in [1.29, 1.82) is 0 Å². The molecule has 146 valence electrons. The number of carbonyl (C=O) groups is 1. The van der Waals surface area contributed by atoms with Crippen LogP contribution in [0, 0.1) is 6.92 Å². The Morgan fingerprint density at radius 3 is 2.66 bits per heavy atom. The molecule has 1 heterocycles. The highest BCUT2D eigenvalue weighted by atomic mass is 35.5. The second-order valence-corrected chi connectivity index (χ2v) is 7.33. The van der Waals surface area contributed by atoms with Crippen LogP contribution >= 0.6 is 23.2 Å². The van der Waals surface area contributed by atoms with Gasteiger partial charge in [0, 0.05) is 16.3 Å². The molecule has 0 saturated carbocycles. The lowest BCUT2D eigenvalue weighted by atomic mass is 10.2. The van der Waals surface area contributed by atoms with E-state index < -0.39 is 0 Å². The van der Waals surface area contributed by atoms with Crippen molar-refractivity contribution in [2.75, 3.05) is 11.9 Å². The molecule has 0 unspecified atom stereocenters. The maximum Gasteiger partial charge on any atom is 0.262 e. The van der Waals surface area contributed by atoms with Crippen LogP contribution in [-0.4, -0.2) is 17.5 Å². The summed E-state index contributed by atoms with van der Waals surface area (Å²) in [5.74, 6) is 0.831. The van der Waals surface area contributed by atoms with Crippen molar-refractivity contribution in [3.63, 3.8) is 0 Å². The first-order valence-electron chi connectivity index (χ1n) is 8.83. The number of nitrogens with one attached hydrogen (secondary N) is 1. The minimum absolute atomic E-state index is 0.0738. The number of carbonyl (C=O) groups excluding carboxylic acids is 1. The van der Waals surface area contributed by atoms with Crippen molar-refractivity contribution in [2.24, 2.45) is 0 Å². The lowest BCUT2D eigenvalue weighted by Crippen LogP contribution is -2.20. The van der Waals surface area contributed by atoms with Gasteiger partial charge in [-0.25, -0.2) is 4.98 Å². The molecule has 29 heavy (non-hydrogen) atoms. The molecule has 0 aliphatic rings. The van der Waals surface area contributed by atoms with E-state index in [2.05, 4.69) is 10.3 Å². The molecule has 0 spiro atoms. The second-order valence-electron chi connectivity index (χ2n) is 6.49. The van der Waals surface area contributed by atoms with E-state index in [-0.39, 0.29) is 12.5 Å². The molecule has 0 saturated heterocycles. The Kier molecular flexibility index (Phi) is 5.43. The molecule has 0 atom stereocenters. The van der Waals surface area contributed by atoms with Crippen LogP contribution in [0.4, 0.5) is 5.69 Å². The molecule has 4 aromatic rings. The third kappa shape index (κ3) is 4.53. The molecule has 7 heteroatoms. The Hall–Kier alpha value is -3.02. The van der Waals surface area contributed by atoms with Crippen molar-refractivity contribution in [3.05, 3.63) is 76.3 Å². The zero-order valence-corrected chi connectivity index (χ0v) is 16.9. The average molecular weight is 427 g/mol. The second kappa shape index (κ2) is 8.15. The molecular weight excluding hydrogens is 411 g/mol. The van der Waals surface area contributed by atoms with E-state index in [1.807, 2.05) is 31.2 Å². The van der Waals surface area contributed by atoms with E-state index in [0.29, 0.717) is 38.5 Å². The normalized spacial score (nSPS) is 10.9. The van der Waals surface area contributed by atoms with Crippen molar-refractivity contribution in [2.45, 2.75) is 6.92 Å². The van der Waals surface area contributed by atoms with Crippen molar-refractivity contribution >= 4 is 45.9 Å². The number of benzene rings is 3. The smallest absolute Gasteiger partial charge is 0.262 e. The third-order valence-corrected chi connectivity index (χ3v) is 4.68. The van der Waals surface area contributed by atoms with E-state index in [4.69, 9.17) is 32.4 Å². The Labute approximate surface area is 177 Å². The fourth-order valence-electron chi connectivity index (χ4n) is 2.83. The number of aryl methyl sites for hydroxylation is 1. The number of aromatic nitrogens is 1. The molecular formula is C22H16Cl2N2O3. The number of fused-ring (bicyclic) bond motifs is 1. The molecule has 0 aliphatic heterocycles. The summed E-state index contributed by atoms with van der Waals surface area (Å²) in [6.07, 6.45) is 0. The zero-order chi connectivity index (χ0) is 20.4. The van der Waals surface area contributed by atoms with Gasteiger partial charge in [0.05, 0.1) is 5.02 Å². The lowest BCUT2D eigenvalue weighted by Gasteiger charge is -2.08.